The van der Waals surface area contributed by atoms with Gasteiger partial charge in [-0.1, -0.05) is 60.7 Å². The first-order chi connectivity index (χ1) is 13.7. The van der Waals surface area contributed by atoms with Crippen LogP contribution >= 0.6 is 0 Å². The van der Waals surface area contributed by atoms with Crippen molar-refractivity contribution in [1.82, 2.24) is 15.1 Å². The van der Waals surface area contributed by atoms with Gasteiger partial charge in [0.05, 0.1) is 0 Å². The number of piperazine rings is 1. The number of benzene rings is 2. The first kappa shape index (κ1) is 19.7. The van der Waals surface area contributed by atoms with E-state index in [0.717, 1.165) is 25.2 Å². The Bertz CT molecular complexity index is 834. The highest BCUT2D eigenvalue weighted by molar-refractivity contribution is 5.97. The van der Waals surface area contributed by atoms with Gasteiger partial charge in [-0.3, -0.25) is 9.69 Å². The Labute approximate surface area is 166 Å². The fraction of sp³-hybridized carbons (Fsp3) is 0.304. The lowest BCUT2D eigenvalue weighted by molar-refractivity contribution is -0.128. The minimum absolute atomic E-state index is 0.0278. The number of hydrogen-bond donors (Lipinski definition) is 1. The van der Waals surface area contributed by atoms with Gasteiger partial charge in [0.25, 0.3) is 5.91 Å². The molecular weight excluding hydrogens is 348 g/mol. The lowest BCUT2D eigenvalue weighted by Gasteiger charge is -2.34. The SMILES string of the molecule is CC(N/C=C(/C#N)C(=O)N1CCN(Cc2ccccc2)CC1)c1ccccc1. The number of nitriles is 1. The molecule has 1 aliphatic heterocycles. The molecule has 1 amide bonds. The second-order valence-corrected chi connectivity index (χ2v) is 7.02. The minimum Gasteiger partial charge on any atom is -0.383 e. The molecule has 1 fully saturated rings. The molecule has 144 valence electrons. The number of carbonyl (C=O) groups is 1. The Balaban J connectivity index is 1.53. The fourth-order valence-electron chi connectivity index (χ4n) is 3.31. The molecule has 5 nitrogen and oxygen atoms in total. The predicted molar refractivity (Wildman–Crippen MR) is 110 cm³/mol. The second kappa shape index (κ2) is 9.72. The average Bonchev–Trinajstić information content (AvgIpc) is 2.75. The molecule has 28 heavy (non-hydrogen) atoms. The summed E-state index contributed by atoms with van der Waals surface area (Å²) in [6.07, 6.45) is 1.55. The van der Waals surface area contributed by atoms with Crippen molar-refractivity contribution in [2.45, 2.75) is 19.5 Å². The molecule has 1 unspecified atom stereocenters. The fourth-order valence-corrected chi connectivity index (χ4v) is 3.31. The third-order valence-electron chi connectivity index (χ3n) is 5.04. The van der Waals surface area contributed by atoms with E-state index in [1.54, 1.807) is 11.1 Å². The van der Waals surface area contributed by atoms with Gasteiger partial charge in [0, 0.05) is 45.0 Å². The molecule has 1 N–H and O–H groups in total. The standard InChI is InChI=1S/C23H26N4O/c1-19(21-10-6-3-7-11-21)25-17-22(16-24)23(28)27-14-12-26(13-15-27)18-20-8-4-2-5-9-20/h2-11,17,19,25H,12-15,18H2,1H3/b22-17-. The van der Waals surface area contributed by atoms with E-state index in [0.29, 0.717) is 13.1 Å². The molecule has 3 rings (SSSR count). The highest BCUT2D eigenvalue weighted by Crippen LogP contribution is 2.13. The average molecular weight is 374 g/mol. The summed E-state index contributed by atoms with van der Waals surface area (Å²) < 4.78 is 0. The van der Waals surface area contributed by atoms with Crippen LogP contribution in [0.5, 0.6) is 0 Å². The lowest BCUT2D eigenvalue weighted by Crippen LogP contribution is -2.48. The van der Waals surface area contributed by atoms with Crippen LogP contribution in [-0.2, 0) is 11.3 Å². The van der Waals surface area contributed by atoms with Crippen molar-refractivity contribution in [2.75, 3.05) is 26.2 Å². The Morgan fingerprint density at radius 1 is 1.07 bits per heavy atom. The van der Waals surface area contributed by atoms with Gasteiger partial charge in [-0.2, -0.15) is 5.26 Å². The van der Waals surface area contributed by atoms with Gasteiger partial charge < -0.3 is 10.2 Å². The molecule has 0 saturated carbocycles. The summed E-state index contributed by atoms with van der Waals surface area (Å²) in [5.41, 5.74) is 2.54. The topological polar surface area (TPSA) is 59.4 Å². The lowest BCUT2D eigenvalue weighted by atomic mass is 10.1. The predicted octanol–water partition coefficient (Wildman–Crippen LogP) is 3.09. The summed E-state index contributed by atoms with van der Waals surface area (Å²) in [7, 11) is 0. The second-order valence-electron chi connectivity index (χ2n) is 7.02. The van der Waals surface area contributed by atoms with Gasteiger partial charge in [0.1, 0.15) is 11.6 Å². The van der Waals surface area contributed by atoms with E-state index in [1.165, 1.54) is 5.56 Å². The van der Waals surface area contributed by atoms with E-state index in [-0.39, 0.29) is 17.5 Å². The molecule has 0 aromatic heterocycles. The van der Waals surface area contributed by atoms with Gasteiger partial charge >= 0.3 is 0 Å². The van der Waals surface area contributed by atoms with Crippen molar-refractivity contribution in [3.05, 3.63) is 83.6 Å². The quantitative estimate of drug-likeness (QED) is 0.624. The van der Waals surface area contributed by atoms with E-state index in [2.05, 4.69) is 28.4 Å². The summed E-state index contributed by atoms with van der Waals surface area (Å²) in [5, 5.41) is 12.6. The molecule has 2 aromatic rings. The molecule has 1 heterocycles. The van der Waals surface area contributed by atoms with E-state index in [9.17, 15) is 10.1 Å². The van der Waals surface area contributed by atoms with Crippen LogP contribution in [0.2, 0.25) is 0 Å². The van der Waals surface area contributed by atoms with Crippen LogP contribution in [-0.4, -0.2) is 41.9 Å². The van der Waals surface area contributed by atoms with Crippen molar-refractivity contribution in [2.24, 2.45) is 0 Å². The van der Waals surface area contributed by atoms with Crippen LogP contribution < -0.4 is 5.32 Å². The van der Waals surface area contributed by atoms with E-state index < -0.39 is 0 Å². The smallest absolute Gasteiger partial charge is 0.266 e. The normalized spacial score (nSPS) is 16.3. The first-order valence-electron chi connectivity index (χ1n) is 9.64. The molecule has 0 radical (unpaired) electrons. The highest BCUT2D eigenvalue weighted by atomic mass is 16.2. The number of hydrogen-bond acceptors (Lipinski definition) is 4. The zero-order valence-electron chi connectivity index (χ0n) is 16.2. The van der Waals surface area contributed by atoms with Crippen LogP contribution in [0.15, 0.2) is 72.4 Å². The highest BCUT2D eigenvalue weighted by Gasteiger charge is 2.23. The maximum Gasteiger partial charge on any atom is 0.266 e. The molecule has 2 aromatic carbocycles. The Kier molecular flexibility index (Phi) is 6.83. The largest absolute Gasteiger partial charge is 0.383 e. The molecule has 1 aliphatic rings. The third kappa shape index (κ3) is 5.21. The summed E-state index contributed by atoms with van der Waals surface area (Å²) in [5.74, 6) is -0.199. The van der Waals surface area contributed by atoms with Gasteiger partial charge in [-0.25, -0.2) is 0 Å². The summed E-state index contributed by atoms with van der Waals surface area (Å²) in [6.45, 7) is 5.80. The van der Waals surface area contributed by atoms with Crippen LogP contribution in [0.25, 0.3) is 0 Å². The van der Waals surface area contributed by atoms with Crippen molar-refractivity contribution in [1.29, 1.82) is 5.26 Å². The Morgan fingerprint density at radius 3 is 2.29 bits per heavy atom. The maximum atomic E-state index is 12.7. The van der Waals surface area contributed by atoms with Crippen molar-refractivity contribution >= 4 is 5.91 Å². The van der Waals surface area contributed by atoms with E-state index in [4.69, 9.17) is 0 Å². The maximum absolute atomic E-state index is 12.7. The summed E-state index contributed by atoms with van der Waals surface area (Å²) in [4.78, 5) is 16.8. The van der Waals surface area contributed by atoms with Crippen molar-refractivity contribution < 1.29 is 4.79 Å². The Morgan fingerprint density at radius 2 is 1.68 bits per heavy atom. The van der Waals surface area contributed by atoms with Gasteiger partial charge in [-0.15, -0.1) is 0 Å². The van der Waals surface area contributed by atoms with E-state index >= 15 is 0 Å². The zero-order chi connectivity index (χ0) is 19.8. The van der Waals surface area contributed by atoms with Crippen LogP contribution in [0.3, 0.4) is 0 Å². The molecule has 0 bridgehead atoms. The molecule has 0 spiro atoms. The van der Waals surface area contributed by atoms with Crippen molar-refractivity contribution in [3.8, 4) is 6.07 Å². The number of nitrogens with zero attached hydrogens (tertiary/aromatic N) is 3. The van der Waals surface area contributed by atoms with Gasteiger partial charge in [0.2, 0.25) is 0 Å². The number of rotatable bonds is 6. The van der Waals surface area contributed by atoms with Crippen LogP contribution in [0.1, 0.15) is 24.1 Å². The minimum atomic E-state index is -0.199. The monoisotopic (exact) mass is 374 g/mol. The number of carbonyl (C=O) groups excluding carboxylic acids is 1. The molecule has 5 heteroatoms. The first-order valence-corrected chi connectivity index (χ1v) is 9.64. The third-order valence-corrected chi connectivity index (χ3v) is 5.04. The molecule has 1 saturated heterocycles. The Hall–Kier alpha value is -3.10. The number of nitrogens with one attached hydrogen (secondary N) is 1. The van der Waals surface area contributed by atoms with Gasteiger partial charge in [-0.05, 0) is 18.1 Å². The van der Waals surface area contributed by atoms with E-state index in [1.807, 2.05) is 55.5 Å². The summed E-state index contributed by atoms with van der Waals surface area (Å²) >= 11 is 0. The van der Waals surface area contributed by atoms with Crippen molar-refractivity contribution in [3.63, 3.8) is 0 Å². The van der Waals surface area contributed by atoms with Crippen LogP contribution in [0, 0.1) is 11.3 Å². The molecule has 1 atom stereocenters. The summed E-state index contributed by atoms with van der Waals surface area (Å²) in [6, 6.07) is 22.4. The van der Waals surface area contributed by atoms with Gasteiger partial charge in [0.15, 0.2) is 0 Å². The zero-order valence-corrected chi connectivity index (χ0v) is 16.2. The van der Waals surface area contributed by atoms with Crippen LogP contribution in [0.4, 0.5) is 0 Å². The number of amides is 1. The molecular formula is C23H26N4O. The molecule has 0 aliphatic carbocycles.